The van der Waals surface area contributed by atoms with Gasteiger partial charge in [-0.05, 0) is 41.9 Å². The average Bonchev–Trinajstić information content (AvgIpc) is 2.50. The van der Waals surface area contributed by atoms with Gasteiger partial charge in [-0.1, -0.05) is 26.3 Å². The molecule has 0 spiro atoms. The third-order valence-corrected chi connectivity index (χ3v) is 3.51. The minimum atomic E-state index is 0.0383. The Morgan fingerprint density at radius 3 is 2.83 bits per heavy atom. The number of rotatable bonds is 4. The van der Waals surface area contributed by atoms with Gasteiger partial charge in [0.05, 0.1) is 5.60 Å². The number of ether oxygens (including phenoxy) is 1. The first-order valence-electron chi connectivity index (χ1n) is 4.70. The van der Waals surface area contributed by atoms with Crippen molar-refractivity contribution < 1.29 is 4.74 Å². The summed E-state index contributed by atoms with van der Waals surface area (Å²) in [5, 5.41) is 0. The number of halogens is 1. The van der Waals surface area contributed by atoms with Crippen LogP contribution in [0, 0.1) is 0 Å². The predicted octanol–water partition coefficient (Wildman–Crippen LogP) is 3.67. The van der Waals surface area contributed by atoms with E-state index >= 15 is 0 Å². The van der Waals surface area contributed by atoms with Crippen molar-refractivity contribution in [1.29, 1.82) is 0 Å². The first-order valence-corrected chi connectivity index (χ1v) is 5.78. The number of hydrogen-bond acceptors (Lipinski definition) is 1. The van der Waals surface area contributed by atoms with Crippen molar-refractivity contribution >= 4 is 22.6 Å². The SMILES string of the molecule is C=C(I)C1(CCCC)CCCO1. The molecule has 1 nitrogen and oxygen atoms in total. The minimum absolute atomic E-state index is 0.0383. The molecule has 1 heterocycles. The molecule has 1 rings (SSSR count). The van der Waals surface area contributed by atoms with Crippen LogP contribution in [0.2, 0.25) is 0 Å². The molecule has 70 valence electrons. The summed E-state index contributed by atoms with van der Waals surface area (Å²) in [6, 6.07) is 0. The van der Waals surface area contributed by atoms with Crippen molar-refractivity contribution in [2.45, 2.75) is 44.6 Å². The first kappa shape index (κ1) is 10.5. The Morgan fingerprint density at radius 2 is 2.42 bits per heavy atom. The molecule has 1 atom stereocenters. The number of unbranched alkanes of at least 4 members (excludes halogenated alkanes) is 1. The molecule has 1 aliphatic heterocycles. The van der Waals surface area contributed by atoms with Gasteiger partial charge < -0.3 is 4.74 Å². The van der Waals surface area contributed by atoms with E-state index in [1.807, 2.05) is 0 Å². The molecule has 0 radical (unpaired) electrons. The predicted molar refractivity (Wildman–Crippen MR) is 60.6 cm³/mol. The molecule has 0 bridgehead atoms. The van der Waals surface area contributed by atoms with Gasteiger partial charge >= 0.3 is 0 Å². The smallest absolute Gasteiger partial charge is 0.0982 e. The largest absolute Gasteiger partial charge is 0.370 e. The molecule has 1 saturated heterocycles. The third kappa shape index (κ3) is 2.22. The van der Waals surface area contributed by atoms with E-state index in [1.165, 1.54) is 29.3 Å². The van der Waals surface area contributed by atoms with Crippen molar-refractivity contribution in [3.63, 3.8) is 0 Å². The molecule has 2 heteroatoms. The zero-order valence-corrected chi connectivity index (χ0v) is 9.89. The highest BCUT2D eigenvalue weighted by molar-refractivity contribution is 14.1. The van der Waals surface area contributed by atoms with Crippen molar-refractivity contribution in [3.8, 4) is 0 Å². The van der Waals surface area contributed by atoms with Crippen LogP contribution < -0.4 is 0 Å². The molecular weight excluding hydrogens is 263 g/mol. The van der Waals surface area contributed by atoms with Crippen LogP contribution in [-0.4, -0.2) is 12.2 Å². The van der Waals surface area contributed by atoms with Gasteiger partial charge in [-0.2, -0.15) is 0 Å². The molecule has 1 aliphatic rings. The van der Waals surface area contributed by atoms with Crippen LogP contribution in [0.15, 0.2) is 10.2 Å². The maximum atomic E-state index is 5.80. The van der Waals surface area contributed by atoms with Crippen LogP contribution in [0.25, 0.3) is 0 Å². The van der Waals surface area contributed by atoms with Crippen LogP contribution in [0.3, 0.4) is 0 Å². The second kappa shape index (κ2) is 4.61. The van der Waals surface area contributed by atoms with Gasteiger partial charge in [-0.15, -0.1) is 0 Å². The summed E-state index contributed by atoms with van der Waals surface area (Å²) in [4.78, 5) is 0. The fraction of sp³-hybridized carbons (Fsp3) is 0.800. The van der Waals surface area contributed by atoms with Crippen LogP contribution >= 0.6 is 22.6 Å². The lowest BCUT2D eigenvalue weighted by molar-refractivity contribution is 0.0353. The monoisotopic (exact) mass is 280 g/mol. The maximum absolute atomic E-state index is 5.80. The van der Waals surface area contributed by atoms with Gasteiger partial charge in [0.15, 0.2) is 0 Å². The maximum Gasteiger partial charge on any atom is 0.0982 e. The Kier molecular flexibility index (Phi) is 4.03. The lowest BCUT2D eigenvalue weighted by Gasteiger charge is -2.27. The molecular formula is C10H17IO. The summed E-state index contributed by atoms with van der Waals surface area (Å²) in [5.74, 6) is 0. The lowest BCUT2D eigenvalue weighted by Crippen LogP contribution is -2.27. The summed E-state index contributed by atoms with van der Waals surface area (Å²) in [6.45, 7) is 7.17. The molecule has 12 heavy (non-hydrogen) atoms. The highest BCUT2D eigenvalue weighted by atomic mass is 127. The van der Waals surface area contributed by atoms with E-state index in [2.05, 4.69) is 36.1 Å². The van der Waals surface area contributed by atoms with Crippen molar-refractivity contribution in [2.75, 3.05) is 6.61 Å². The molecule has 0 aromatic carbocycles. The van der Waals surface area contributed by atoms with Crippen LogP contribution in [-0.2, 0) is 4.74 Å². The zero-order chi connectivity index (χ0) is 9.03. The zero-order valence-electron chi connectivity index (χ0n) is 7.74. The fourth-order valence-corrected chi connectivity index (χ4v) is 2.40. The molecule has 0 aromatic heterocycles. The lowest BCUT2D eigenvalue weighted by atomic mass is 9.94. The van der Waals surface area contributed by atoms with Gasteiger partial charge in [0.2, 0.25) is 0 Å². The standard InChI is InChI=1S/C10H17IO/c1-3-4-6-10(9(2)11)7-5-8-12-10/h2-8H2,1H3. The topological polar surface area (TPSA) is 9.23 Å². The Bertz CT molecular complexity index is 159. The Labute approximate surface area is 88.7 Å². The van der Waals surface area contributed by atoms with Crippen LogP contribution in [0.1, 0.15) is 39.0 Å². The van der Waals surface area contributed by atoms with E-state index in [4.69, 9.17) is 4.74 Å². The van der Waals surface area contributed by atoms with Gasteiger partial charge in [-0.3, -0.25) is 0 Å². The highest BCUT2D eigenvalue weighted by Gasteiger charge is 2.35. The Morgan fingerprint density at radius 1 is 1.67 bits per heavy atom. The molecule has 0 aliphatic carbocycles. The highest BCUT2D eigenvalue weighted by Crippen LogP contribution is 2.39. The van der Waals surface area contributed by atoms with Crippen LogP contribution in [0.4, 0.5) is 0 Å². The molecule has 0 aromatic rings. The summed E-state index contributed by atoms with van der Waals surface area (Å²) >= 11 is 2.32. The van der Waals surface area contributed by atoms with Gasteiger partial charge in [-0.25, -0.2) is 0 Å². The normalized spacial score (nSPS) is 29.2. The molecule has 1 unspecified atom stereocenters. The Balaban J connectivity index is 2.53. The fourth-order valence-electron chi connectivity index (χ4n) is 1.71. The average molecular weight is 280 g/mol. The van der Waals surface area contributed by atoms with Gasteiger partial charge in [0.1, 0.15) is 0 Å². The minimum Gasteiger partial charge on any atom is -0.370 e. The van der Waals surface area contributed by atoms with E-state index in [0.717, 1.165) is 13.0 Å². The molecule has 0 amide bonds. The summed E-state index contributed by atoms with van der Waals surface area (Å²) in [6.07, 6.45) is 6.03. The van der Waals surface area contributed by atoms with Gasteiger partial charge in [0.25, 0.3) is 0 Å². The summed E-state index contributed by atoms with van der Waals surface area (Å²) < 4.78 is 6.98. The summed E-state index contributed by atoms with van der Waals surface area (Å²) in [5.41, 5.74) is 0.0383. The Hall–Kier alpha value is 0.430. The molecule has 0 N–H and O–H groups in total. The second-order valence-corrected chi connectivity index (χ2v) is 4.76. The van der Waals surface area contributed by atoms with Crippen molar-refractivity contribution in [2.24, 2.45) is 0 Å². The van der Waals surface area contributed by atoms with Crippen LogP contribution in [0.5, 0.6) is 0 Å². The second-order valence-electron chi connectivity index (χ2n) is 3.45. The van der Waals surface area contributed by atoms with E-state index in [-0.39, 0.29) is 5.60 Å². The third-order valence-electron chi connectivity index (χ3n) is 2.53. The van der Waals surface area contributed by atoms with Crippen molar-refractivity contribution in [3.05, 3.63) is 10.2 Å². The van der Waals surface area contributed by atoms with E-state index < -0.39 is 0 Å². The number of hydrogen-bond donors (Lipinski definition) is 0. The first-order chi connectivity index (χ1) is 5.71. The molecule has 0 saturated carbocycles. The van der Waals surface area contributed by atoms with E-state index in [0.29, 0.717) is 0 Å². The quantitative estimate of drug-likeness (QED) is 0.714. The molecule has 1 fully saturated rings. The summed E-state index contributed by atoms with van der Waals surface area (Å²) in [7, 11) is 0. The van der Waals surface area contributed by atoms with Crippen molar-refractivity contribution in [1.82, 2.24) is 0 Å². The van der Waals surface area contributed by atoms with E-state index in [1.54, 1.807) is 0 Å². The van der Waals surface area contributed by atoms with Gasteiger partial charge in [0, 0.05) is 10.2 Å². The van der Waals surface area contributed by atoms with E-state index in [9.17, 15) is 0 Å².